The van der Waals surface area contributed by atoms with Crippen molar-refractivity contribution in [1.82, 2.24) is 9.88 Å². The van der Waals surface area contributed by atoms with Crippen molar-refractivity contribution in [3.05, 3.63) is 27.9 Å². The average molecular weight is 225 g/mol. The maximum atomic E-state index is 11.5. The average Bonchev–Trinajstić information content (AvgIpc) is 2.26. The molecule has 7 nitrogen and oxygen atoms in total. The normalized spacial score (nSPS) is 9.69. The largest absolute Gasteiger partial charge is 0.476 e. The molecular weight excluding hydrogens is 214 g/mol. The van der Waals surface area contributed by atoms with Gasteiger partial charge in [-0.2, -0.15) is 0 Å². The molecule has 1 aromatic heterocycles. The molecule has 0 fully saturated rings. The highest BCUT2D eigenvalue weighted by molar-refractivity contribution is 5.92. The molecule has 1 amide bonds. The molecule has 0 radical (unpaired) electrons. The number of hydrogen-bond acceptors (Lipinski definition) is 5. The summed E-state index contributed by atoms with van der Waals surface area (Å²) in [6.07, 6.45) is 0. The molecular formula is C9H11N3O4. The number of pyridine rings is 1. The number of nitrogens with zero attached hydrogens (tertiary/aromatic N) is 3. The van der Waals surface area contributed by atoms with Gasteiger partial charge in [-0.15, -0.1) is 0 Å². The second-order valence-electron chi connectivity index (χ2n) is 3.18. The van der Waals surface area contributed by atoms with Crippen LogP contribution < -0.4 is 4.74 Å². The zero-order chi connectivity index (χ0) is 12.3. The van der Waals surface area contributed by atoms with Gasteiger partial charge in [0.15, 0.2) is 0 Å². The predicted octanol–water partition coefficient (Wildman–Crippen LogP) is 0.700. The minimum Gasteiger partial charge on any atom is -0.476 e. The van der Waals surface area contributed by atoms with E-state index in [1.54, 1.807) is 14.1 Å². The zero-order valence-electron chi connectivity index (χ0n) is 9.13. The Morgan fingerprint density at radius 1 is 1.50 bits per heavy atom. The molecule has 7 heteroatoms. The third kappa shape index (κ3) is 2.25. The number of rotatable bonds is 3. The molecule has 0 saturated carbocycles. The van der Waals surface area contributed by atoms with Crippen LogP contribution >= 0.6 is 0 Å². The number of aromatic nitrogens is 1. The van der Waals surface area contributed by atoms with E-state index in [4.69, 9.17) is 4.74 Å². The number of amides is 1. The fourth-order valence-corrected chi connectivity index (χ4v) is 1.07. The van der Waals surface area contributed by atoms with Crippen molar-refractivity contribution in [3.63, 3.8) is 0 Å². The van der Waals surface area contributed by atoms with Crippen LogP contribution in [0.25, 0.3) is 0 Å². The first kappa shape index (κ1) is 11.9. The van der Waals surface area contributed by atoms with E-state index < -0.39 is 4.92 Å². The lowest BCUT2D eigenvalue weighted by molar-refractivity contribution is -0.386. The van der Waals surface area contributed by atoms with Crippen LogP contribution in [0.5, 0.6) is 5.88 Å². The van der Waals surface area contributed by atoms with E-state index in [1.807, 2.05) is 0 Å². The zero-order valence-corrected chi connectivity index (χ0v) is 9.13. The first-order chi connectivity index (χ1) is 7.47. The van der Waals surface area contributed by atoms with Crippen LogP contribution in [0.15, 0.2) is 12.1 Å². The topological polar surface area (TPSA) is 85.6 Å². The van der Waals surface area contributed by atoms with Crippen LogP contribution in [-0.4, -0.2) is 41.9 Å². The molecule has 0 aliphatic rings. The van der Waals surface area contributed by atoms with Crippen LogP contribution in [0, 0.1) is 10.1 Å². The lowest BCUT2D eigenvalue weighted by Gasteiger charge is -2.09. The van der Waals surface area contributed by atoms with Gasteiger partial charge in [-0.3, -0.25) is 14.9 Å². The number of nitro groups is 1. The Kier molecular flexibility index (Phi) is 3.39. The van der Waals surface area contributed by atoms with Crippen molar-refractivity contribution in [3.8, 4) is 5.88 Å². The summed E-state index contributed by atoms with van der Waals surface area (Å²) in [6.45, 7) is 0. The second-order valence-corrected chi connectivity index (χ2v) is 3.18. The van der Waals surface area contributed by atoms with E-state index in [2.05, 4.69) is 4.98 Å². The number of hydrogen-bond donors (Lipinski definition) is 0. The molecule has 0 N–H and O–H groups in total. The van der Waals surface area contributed by atoms with Gasteiger partial charge >= 0.3 is 5.69 Å². The van der Waals surface area contributed by atoms with Gasteiger partial charge in [-0.05, 0) is 6.07 Å². The third-order valence-electron chi connectivity index (χ3n) is 1.86. The molecule has 0 unspecified atom stereocenters. The molecule has 0 saturated heterocycles. The summed E-state index contributed by atoms with van der Waals surface area (Å²) in [6, 6.07) is 2.49. The van der Waals surface area contributed by atoms with Crippen molar-refractivity contribution in [2.45, 2.75) is 0 Å². The van der Waals surface area contributed by atoms with Crippen molar-refractivity contribution in [2.75, 3.05) is 21.2 Å². The predicted molar refractivity (Wildman–Crippen MR) is 55.5 cm³/mol. The van der Waals surface area contributed by atoms with Gasteiger partial charge in [0.25, 0.3) is 11.8 Å². The van der Waals surface area contributed by atoms with Gasteiger partial charge in [-0.25, -0.2) is 4.98 Å². The molecule has 1 heterocycles. The number of carbonyl (C=O) groups is 1. The smallest absolute Gasteiger partial charge is 0.330 e. The van der Waals surface area contributed by atoms with E-state index in [0.717, 1.165) is 0 Å². The molecule has 0 atom stereocenters. The monoisotopic (exact) mass is 225 g/mol. The summed E-state index contributed by atoms with van der Waals surface area (Å²) in [7, 11) is 4.40. The van der Waals surface area contributed by atoms with Gasteiger partial charge in [0.2, 0.25) is 0 Å². The molecule has 0 spiro atoms. The van der Waals surface area contributed by atoms with Crippen molar-refractivity contribution in [1.29, 1.82) is 0 Å². The highest BCUT2D eigenvalue weighted by atomic mass is 16.6. The van der Waals surface area contributed by atoms with Crippen LogP contribution in [-0.2, 0) is 0 Å². The van der Waals surface area contributed by atoms with Crippen LogP contribution in [0.4, 0.5) is 5.69 Å². The van der Waals surface area contributed by atoms with Gasteiger partial charge in [-0.1, -0.05) is 0 Å². The van der Waals surface area contributed by atoms with Gasteiger partial charge in [0.05, 0.1) is 12.0 Å². The van der Waals surface area contributed by atoms with Crippen molar-refractivity contribution < 1.29 is 14.5 Å². The Hall–Kier alpha value is -2.18. The summed E-state index contributed by atoms with van der Waals surface area (Å²) in [4.78, 5) is 26.6. The van der Waals surface area contributed by atoms with Crippen molar-refractivity contribution in [2.24, 2.45) is 0 Å². The van der Waals surface area contributed by atoms with Gasteiger partial charge in [0.1, 0.15) is 5.69 Å². The Morgan fingerprint density at radius 2 is 2.12 bits per heavy atom. The second kappa shape index (κ2) is 4.56. The summed E-state index contributed by atoms with van der Waals surface area (Å²) in [5.41, 5.74) is -0.162. The van der Waals surface area contributed by atoms with E-state index >= 15 is 0 Å². The molecule has 1 aromatic rings. The first-order valence-electron chi connectivity index (χ1n) is 4.38. The Bertz CT molecular complexity index is 431. The molecule has 16 heavy (non-hydrogen) atoms. The van der Waals surface area contributed by atoms with Crippen LogP contribution in [0.3, 0.4) is 0 Å². The van der Waals surface area contributed by atoms with Crippen molar-refractivity contribution >= 4 is 11.6 Å². The molecule has 1 rings (SSSR count). The number of ether oxygens (including phenoxy) is 1. The number of carbonyl (C=O) groups excluding carboxylic acids is 1. The lowest BCUT2D eigenvalue weighted by atomic mass is 10.3. The maximum absolute atomic E-state index is 11.5. The Labute approximate surface area is 91.8 Å². The molecule has 0 aliphatic heterocycles. The molecule has 0 aliphatic carbocycles. The Balaban J connectivity index is 3.19. The van der Waals surface area contributed by atoms with Crippen LogP contribution in [0.1, 0.15) is 10.5 Å². The fourth-order valence-electron chi connectivity index (χ4n) is 1.07. The minimum absolute atomic E-state index is 0.104. The Morgan fingerprint density at radius 3 is 2.56 bits per heavy atom. The lowest BCUT2D eigenvalue weighted by Crippen LogP contribution is -2.22. The summed E-state index contributed by atoms with van der Waals surface area (Å²) in [5, 5.41) is 10.6. The molecule has 86 valence electrons. The van der Waals surface area contributed by atoms with Gasteiger partial charge < -0.3 is 9.64 Å². The van der Waals surface area contributed by atoms with Gasteiger partial charge in [0, 0.05) is 20.2 Å². The minimum atomic E-state index is -0.615. The highest BCUT2D eigenvalue weighted by Crippen LogP contribution is 2.24. The highest BCUT2D eigenvalue weighted by Gasteiger charge is 2.19. The maximum Gasteiger partial charge on any atom is 0.330 e. The standard InChI is InChI=1S/C9H11N3O4/c1-11(2)9(13)6-4-5-7(12(14)15)8(10-6)16-3/h4-5H,1-3H3. The molecule has 0 aromatic carbocycles. The van der Waals surface area contributed by atoms with Crippen LogP contribution in [0.2, 0.25) is 0 Å². The van der Waals surface area contributed by atoms with E-state index in [1.165, 1.54) is 24.1 Å². The summed E-state index contributed by atoms with van der Waals surface area (Å²) < 4.78 is 4.75. The van der Waals surface area contributed by atoms with E-state index in [0.29, 0.717) is 0 Å². The first-order valence-corrected chi connectivity index (χ1v) is 4.38. The third-order valence-corrected chi connectivity index (χ3v) is 1.86. The molecule has 0 bridgehead atoms. The van der Waals surface area contributed by atoms with E-state index in [9.17, 15) is 14.9 Å². The summed E-state index contributed by atoms with van der Waals surface area (Å²) >= 11 is 0. The number of methoxy groups -OCH3 is 1. The SMILES string of the molecule is COc1nc(C(=O)N(C)C)ccc1[N+](=O)[O-]. The quantitative estimate of drug-likeness (QED) is 0.558. The fraction of sp³-hybridized carbons (Fsp3) is 0.333. The van der Waals surface area contributed by atoms with E-state index in [-0.39, 0.29) is 23.2 Å². The summed E-state index contributed by atoms with van der Waals surface area (Å²) in [5.74, 6) is -0.508.